The first-order chi connectivity index (χ1) is 12.1. The van der Waals surface area contributed by atoms with Gasteiger partial charge in [-0.15, -0.1) is 10.2 Å². The Labute approximate surface area is 150 Å². The highest BCUT2D eigenvalue weighted by molar-refractivity contribution is 7.99. The SMILES string of the molecule is Cc1nnc(SCC(=O)N2CCC[C@H](C(N)=O)C2)n1-c1ccccc1. The maximum atomic E-state index is 12.5. The molecular weight excluding hydrogens is 338 g/mol. The molecule has 8 heteroatoms. The normalized spacial score (nSPS) is 17.5. The Morgan fingerprint density at radius 3 is 2.76 bits per heavy atom. The van der Waals surface area contributed by atoms with Gasteiger partial charge in [-0.05, 0) is 31.9 Å². The average Bonchev–Trinajstić information content (AvgIpc) is 3.01. The van der Waals surface area contributed by atoms with Gasteiger partial charge in [0.1, 0.15) is 5.82 Å². The van der Waals surface area contributed by atoms with Gasteiger partial charge in [0.2, 0.25) is 11.8 Å². The maximum absolute atomic E-state index is 12.5. The number of aryl methyl sites for hydroxylation is 1. The van der Waals surface area contributed by atoms with Crippen LogP contribution in [-0.2, 0) is 9.59 Å². The van der Waals surface area contributed by atoms with Gasteiger partial charge in [0.15, 0.2) is 5.16 Å². The fourth-order valence-corrected chi connectivity index (χ4v) is 3.86. The molecule has 132 valence electrons. The molecule has 2 aromatic rings. The van der Waals surface area contributed by atoms with E-state index in [2.05, 4.69) is 10.2 Å². The van der Waals surface area contributed by atoms with Crippen molar-refractivity contribution in [3.63, 3.8) is 0 Å². The lowest BCUT2D eigenvalue weighted by molar-refractivity contribution is -0.132. The lowest BCUT2D eigenvalue weighted by atomic mass is 9.97. The number of para-hydroxylation sites is 1. The minimum atomic E-state index is -0.329. The average molecular weight is 359 g/mol. The van der Waals surface area contributed by atoms with Gasteiger partial charge in [-0.1, -0.05) is 30.0 Å². The summed E-state index contributed by atoms with van der Waals surface area (Å²) in [5.74, 6) is 0.461. The van der Waals surface area contributed by atoms with Crippen LogP contribution in [-0.4, -0.2) is 50.3 Å². The summed E-state index contributed by atoms with van der Waals surface area (Å²) in [4.78, 5) is 25.6. The number of nitrogens with two attached hydrogens (primary N) is 1. The van der Waals surface area contributed by atoms with Gasteiger partial charge >= 0.3 is 0 Å². The van der Waals surface area contributed by atoms with E-state index in [4.69, 9.17) is 5.73 Å². The molecule has 1 atom stereocenters. The Morgan fingerprint density at radius 2 is 2.04 bits per heavy atom. The van der Waals surface area contributed by atoms with Crippen LogP contribution >= 0.6 is 11.8 Å². The summed E-state index contributed by atoms with van der Waals surface area (Å²) in [6.45, 7) is 2.97. The van der Waals surface area contributed by atoms with Crippen molar-refractivity contribution in [2.75, 3.05) is 18.8 Å². The first-order valence-corrected chi connectivity index (χ1v) is 9.22. The zero-order valence-corrected chi connectivity index (χ0v) is 14.9. The van der Waals surface area contributed by atoms with E-state index >= 15 is 0 Å². The van der Waals surface area contributed by atoms with Crippen molar-refractivity contribution in [1.82, 2.24) is 19.7 Å². The third kappa shape index (κ3) is 4.01. The van der Waals surface area contributed by atoms with Crippen LogP contribution in [0.3, 0.4) is 0 Å². The van der Waals surface area contributed by atoms with Gasteiger partial charge in [-0.2, -0.15) is 0 Å². The zero-order chi connectivity index (χ0) is 17.8. The van der Waals surface area contributed by atoms with Crippen LogP contribution in [0.5, 0.6) is 0 Å². The maximum Gasteiger partial charge on any atom is 0.233 e. The fraction of sp³-hybridized carbons (Fsp3) is 0.412. The molecule has 0 aliphatic carbocycles. The quantitative estimate of drug-likeness (QED) is 0.814. The van der Waals surface area contributed by atoms with Crippen molar-refractivity contribution in [3.05, 3.63) is 36.2 Å². The third-order valence-electron chi connectivity index (χ3n) is 4.31. The number of nitrogens with zero attached hydrogens (tertiary/aromatic N) is 4. The second-order valence-corrected chi connectivity index (χ2v) is 7.01. The first kappa shape index (κ1) is 17.5. The molecule has 2 heterocycles. The molecule has 1 aliphatic heterocycles. The Kier molecular flexibility index (Phi) is 5.37. The first-order valence-electron chi connectivity index (χ1n) is 8.23. The number of hydrogen-bond donors (Lipinski definition) is 1. The molecule has 7 nitrogen and oxygen atoms in total. The Bertz CT molecular complexity index is 762. The van der Waals surface area contributed by atoms with E-state index in [9.17, 15) is 9.59 Å². The Balaban J connectivity index is 1.66. The highest BCUT2D eigenvalue weighted by Crippen LogP contribution is 2.23. The predicted octanol–water partition coefficient (Wildman–Crippen LogP) is 1.39. The van der Waals surface area contributed by atoms with Crippen LogP contribution in [0.25, 0.3) is 5.69 Å². The number of aromatic nitrogens is 3. The molecule has 0 radical (unpaired) electrons. The van der Waals surface area contributed by atoms with Gasteiger partial charge in [-0.25, -0.2) is 0 Å². The minimum absolute atomic E-state index is 0.00350. The molecule has 0 spiro atoms. The molecule has 0 bridgehead atoms. The van der Waals surface area contributed by atoms with Crippen molar-refractivity contribution < 1.29 is 9.59 Å². The molecule has 0 unspecified atom stereocenters. The van der Waals surface area contributed by atoms with Gasteiger partial charge < -0.3 is 10.6 Å². The number of benzene rings is 1. The molecule has 2 amide bonds. The number of hydrogen-bond acceptors (Lipinski definition) is 5. The van der Waals surface area contributed by atoms with Crippen molar-refractivity contribution in [2.24, 2.45) is 11.7 Å². The van der Waals surface area contributed by atoms with Gasteiger partial charge in [-0.3, -0.25) is 14.2 Å². The lowest BCUT2D eigenvalue weighted by Gasteiger charge is -2.31. The van der Waals surface area contributed by atoms with E-state index < -0.39 is 0 Å². The Hall–Kier alpha value is -2.35. The van der Waals surface area contributed by atoms with Crippen LogP contribution in [0.2, 0.25) is 0 Å². The van der Waals surface area contributed by atoms with Crippen molar-refractivity contribution in [2.45, 2.75) is 24.9 Å². The number of rotatable bonds is 5. The van der Waals surface area contributed by atoms with Crippen molar-refractivity contribution in [1.29, 1.82) is 0 Å². The smallest absolute Gasteiger partial charge is 0.233 e. The summed E-state index contributed by atoms with van der Waals surface area (Å²) in [6.07, 6.45) is 1.57. The summed E-state index contributed by atoms with van der Waals surface area (Å²) in [7, 11) is 0. The summed E-state index contributed by atoms with van der Waals surface area (Å²) in [6, 6.07) is 9.80. The standard InChI is InChI=1S/C17H21N5O2S/c1-12-19-20-17(22(12)14-7-3-2-4-8-14)25-11-15(23)21-9-5-6-13(10-21)16(18)24/h2-4,7-8,13H,5-6,9-11H2,1H3,(H2,18,24)/t13-/m0/s1. The van der Waals surface area contributed by atoms with Crippen LogP contribution in [0.4, 0.5) is 0 Å². The van der Waals surface area contributed by atoms with E-state index in [1.54, 1.807) is 4.90 Å². The van der Waals surface area contributed by atoms with Crippen molar-refractivity contribution in [3.8, 4) is 5.69 Å². The monoisotopic (exact) mass is 359 g/mol. The number of likely N-dealkylation sites (tertiary alicyclic amines) is 1. The molecule has 2 N–H and O–H groups in total. The highest BCUT2D eigenvalue weighted by atomic mass is 32.2. The minimum Gasteiger partial charge on any atom is -0.369 e. The van der Waals surface area contributed by atoms with E-state index in [1.165, 1.54) is 11.8 Å². The predicted molar refractivity (Wildman–Crippen MR) is 95.3 cm³/mol. The number of carbonyl (C=O) groups excluding carboxylic acids is 2. The van der Waals surface area contributed by atoms with Crippen molar-refractivity contribution >= 4 is 23.6 Å². The summed E-state index contributed by atoms with van der Waals surface area (Å²) in [5, 5.41) is 8.99. The molecular formula is C17H21N5O2S. The van der Waals surface area contributed by atoms with E-state index in [0.717, 1.165) is 24.4 Å². The van der Waals surface area contributed by atoms with Crippen LogP contribution in [0.1, 0.15) is 18.7 Å². The molecule has 1 aliphatic rings. The fourth-order valence-electron chi connectivity index (χ4n) is 2.96. The largest absolute Gasteiger partial charge is 0.369 e. The summed E-state index contributed by atoms with van der Waals surface area (Å²) >= 11 is 1.36. The number of thioether (sulfide) groups is 1. The van der Waals surface area contributed by atoms with Crippen LogP contribution < -0.4 is 5.73 Å². The lowest BCUT2D eigenvalue weighted by Crippen LogP contribution is -2.44. The second-order valence-electron chi connectivity index (χ2n) is 6.07. The number of piperidine rings is 1. The zero-order valence-electron chi connectivity index (χ0n) is 14.1. The topological polar surface area (TPSA) is 94.1 Å². The number of amides is 2. The molecule has 1 aromatic heterocycles. The Morgan fingerprint density at radius 1 is 1.28 bits per heavy atom. The second kappa shape index (κ2) is 7.69. The highest BCUT2D eigenvalue weighted by Gasteiger charge is 2.27. The molecule has 1 saturated heterocycles. The van der Waals surface area contributed by atoms with Gasteiger partial charge in [0, 0.05) is 18.8 Å². The summed E-state index contributed by atoms with van der Waals surface area (Å²) in [5.41, 5.74) is 6.34. The van der Waals surface area contributed by atoms with Gasteiger partial charge in [0.05, 0.1) is 11.7 Å². The van der Waals surface area contributed by atoms with E-state index in [-0.39, 0.29) is 23.5 Å². The van der Waals surface area contributed by atoms with Crippen LogP contribution in [0.15, 0.2) is 35.5 Å². The molecule has 0 saturated carbocycles. The van der Waals surface area contributed by atoms with Crippen LogP contribution in [0, 0.1) is 12.8 Å². The number of carbonyl (C=O) groups is 2. The molecule has 3 rings (SSSR count). The van der Waals surface area contributed by atoms with E-state index in [0.29, 0.717) is 18.2 Å². The molecule has 1 fully saturated rings. The third-order valence-corrected chi connectivity index (χ3v) is 5.22. The molecule has 25 heavy (non-hydrogen) atoms. The van der Waals surface area contributed by atoms with E-state index in [1.807, 2.05) is 41.8 Å². The molecule has 1 aromatic carbocycles. The number of primary amides is 1. The van der Waals surface area contributed by atoms with Gasteiger partial charge in [0.25, 0.3) is 0 Å². The summed E-state index contributed by atoms with van der Waals surface area (Å²) < 4.78 is 1.93.